The quantitative estimate of drug-likeness (QED) is 0.527. The van der Waals surface area contributed by atoms with Gasteiger partial charge in [0, 0.05) is 12.1 Å². The Balaban J connectivity index is 1.76. The summed E-state index contributed by atoms with van der Waals surface area (Å²) >= 11 is 0. The van der Waals surface area contributed by atoms with Gasteiger partial charge in [0.1, 0.15) is 5.82 Å². The van der Waals surface area contributed by atoms with Crippen LogP contribution in [-0.2, 0) is 6.61 Å². The standard InChI is InChI=1S/C13H8FN3O5/c14-8-3-4-9(17(18)19)11(6-8)21-7-12-15-13(16-22-12)10-2-1-5-20-10/h1-6H,7H2. The predicted molar refractivity (Wildman–Crippen MR) is 69.4 cm³/mol. The average molecular weight is 305 g/mol. The molecule has 8 nitrogen and oxygen atoms in total. The Kier molecular flexibility index (Phi) is 3.52. The molecule has 0 saturated carbocycles. The molecule has 0 radical (unpaired) electrons. The minimum absolute atomic E-state index is 0.0740. The van der Waals surface area contributed by atoms with Gasteiger partial charge in [-0.15, -0.1) is 0 Å². The van der Waals surface area contributed by atoms with E-state index in [9.17, 15) is 14.5 Å². The van der Waals surface area contributed by atoms with Crippen molar-refractivity contribution in [1.82, 2.24) is 10.1 Å². The molecule has 0 bridgehead atoms. The highest BCUT2D eigenvalue weighted by Crippen LogP contribution is 2.28. The Morgan fingerprint density at radius 3 is 2.95 bits per heavy atom. The number of nitro benzene ring substituents is 1. The Bertz CT molecular complexity index is 800. The number of furan rings is 1. The topological polar surface area (TPSA) is 104 Å². The summed E-state index contributed by atoms with van der Waals surface area (Å²) in [7, 11) is 0. The fourth-order valence-corrected chi connectivity index (χ4v) is 1.71. The molecule has 3 aromatic rings. The van der Waals surface area contributed by atoms with Crippen molar-refractivity contribution in [3.05, 3.63) is 58.4 Å². The summed E-state index contributed by atoms with van der Waals surface area (Å²) in [5.41, 5.74) is -0.354. The van der Waals surface area contributed by atoms with E-state index in [-0.39, 0.29) is 29.8 Å². The molecule has 1 aromatic carbocycles. The third-order valence-electron chi connectivity index (χ3n) is 2.68. The lowest BCUT2D eigenvalue weighted by Gasteiger charge is -2.03. The van der Waals surface area contributed by atoms with E-state index in [4.69, 9.17) is 13.7 Å². The first-order chi connectivity index (χ1) is 10.6. The third kappa shape index (κ3) is 2.77. The molecule has 0 N–H and O–H groups in total. The van der Waals surface area contributed by atoms with Crippen LogP contribution in [0.2, 0.25) is 0 Å². The molecule has 2 heterocycles. The van der Waals surface area contributed by atoms with Crippen molar-refractivity contribution in [2.24, 2.45) is 0 Å². The van der Waals surface area contributed by atoms with Crippen molar-refractivity contribution in [1.29, 1.82) is 0 Å². The highest BCUT2D eigenvalue weighted by Gasteiger charge is 2.18. The summed E-state index contributed by atoms with van der Waals surface area (Å²) < 4.78 is 28.4. The number of benzene rings is 1. The maximum Gasteiger partial charge on any atom is 0.311 e. The monoisotopic (exact) mass is 305 g/mol. The van der Waals surface area contributed by atoms with Gasteiger partial charge in [0.25, 0.3) is 5.89 Å². The second-order valence-electron chi connectivity index (χ2n) is 4.15. The van der Waals surface area contributed by atoms with Crippen LogP contribution in [-0.4, -0.2) is 15.1 Å². The second-order valence-corrected chi connectivity index (χ2v) is 4.15. The van der Waals surface area contributed by atoms with Gasteiger partial charge >= 0.3 is 5.69 Å². The first-order valence-corrected chi connectivity index (χ1v) is 6.06. The summed E-state index contributed by atoms with van der Waals surface area (Å²) in [5, 5.41) is 14.5. The molecule has 3 rings (SSSR count). The molecule has 0 aliphatic heterocycles. The van der Waals surface area contributed by atoms with Crippen molar-refractivity contribution < 1.29 is 23.0 Å². The molecule has 9 heteroatoms. The molecule has 112 valence electrons. The summed E-state index contributed by atoms with van der Waals surface area (Å²) in [6, 6.07) is 6.23. The molecular formula is C13H8FN3O5. The van der Waals surface area contributed by atoms with E-state index in [1.54, 1.807) is 12.1 Å². The number of hydrogen-bond acceptors (Lipinski definition) is 7. The normalized spacial score (nSPS) is 10.6. The van der Waals surface area contributed by atoms with E-state index in [2.05, 4.69) is 10.1 Å². The molecule has 0 saturated heterocycles. The smallest absolute Gasteiger partial charge is 0.311 e. The summed E-state index contributed by atoms with van der Waals surface area (Å²) in [4.78, 5) is 14.2. The molecule has 0 atom stereocenters. The van der Waals surface area contributed by atoms with Crippen LogP contribution in [0.1, 0.15) is 5.89 Å². The maximum absolute atomic E-state index is 13.2. The van der Waals surface area contributed by atoms with E-state index in [0.29, 0.717) is 5.76 Å². The fourth-order valence-electron chi connectivity index (χ4n) is 1.71. The molecular weight excluding hydrogens is 297 g/mol. The zero-order valence-electron chi connectivity index (χ0n) is 10.9. The molecule has 0 amide bonds. The van der Waals surface area contributed by atoms with Crippen LogP contribution >= 0.6 is 0 Å². The van der Waals surface area contributed by atoms with E-state index in [1.165, 1.54) is 6.26 Å². The summed E-state index contributed by atoms with van der Waals surface area (Å²) in [5.74, 6) is -0.167. The van der Waals surface area contributed by atoms with Crippen LogP contribution in [0.5, 0.6) is 5.75 Å². The SMILES string of the molecule is O=[N+]([O-])c1ccc(F)cc1OCc1nc(-c2ccco2)no1. The number of ether oxygens (including phenoxy) is 1. The van der Waals surface area contributed by atoms with Gasteiger partial charge < -0.3 is 13.7 Å². The summed E-state index contributed by atoms with van der Waals surface area (Å²) in [6.45, 7) is -0.238. The highest BCUT2D eigenvalue weighted by molar-refractivity contribution is 5.46. The van der Waals surface area contributed by atoms with Crippen molar-refractivity contribution >= 4 is 5.69 Å². The largest absolute Gasteiger partial charge is 0.477 e. The minimum Gasteiger partial charge on any atom is -0.477 e. The Morgan fingerprint density at radius 2 is 2.23 bits per heavy atom. The number of rotatable bonds is 5. The van der Waals surface area contributed by atoms with Gasteiger partial charge in [0.2, 0.25) is 11.6 Å². The lowest BCUT2D eigenvalue weighted by molar-refractivity contribution is -0.386. The van der Waals surface area contributed by atoms with Gasteiger partial charge in [-0.2, -0.15) is 4.98 Å². The molecule has 0 aliphatic rings. The molecule has 0 unspecified atom stereocenters. The fraction of sp³-hybridized carbons (Fsp3) is 0.0769. The summed E-state index contributed by atoms with van der Waals surface area (Å²) in [6.07, 6.45) is 1.46. The number of aromatic nitrogens is 2. The molecule has 0 aliphatic carbocycles. The van der Waals surface area contributed by atoms with Crippen LogP contribution in [0.3, 0.4) is 0 Å². The van der Waals surface area contributed by atoms with Crippen LogP contribution in [0, 0.1) is 15.9 Å². The zero-order valence-corrected chi connectivity index (χ0v) is 10.9. The lowest BCUT2D eigenvalue weighted by Crippen LogP contribution is -2.00. The second kappa shape index (κ2) is 5.64. The number of nitro groups is 1. The highest BCUT2D eigenvalue weighted by atomic mass is 19.1. The van der Waals surface area contributed by atoms with Gasteiger partial charge in [0.15, 0.2) is 12.4 Å². The van der Waals surface area contributed by atoms with E-state index in [1.807, 2.05) is 0 Å². The minimum atomic E-state index is -0.670. The van der Waals surface area contributed by atoms with Crippen LogP contribution in [0.4, 0.5) is 10.1 Å². The number of hydrogen-bond donors (Lipinski definition) is 0. The van der Waals surface area contributed by atoms with Crippen molar-refractivity contribution in [3.8, 4) is 17.3 Å². The maximum atomic E-state index is 13.2. The Labute approximate surface area is 122 Å². The van der Waals surface area contributed by atoms with Crippen LogP contribution in [0.25, 0.3) is 11.6 Å². The van der Waals surface area contributed by atoms with E-state index in [0.717, 1.165) is 18.2 Å². The van der Waals surface area contributed by atoms with Crippen molar-refractivity contribution in [2.45, 2.75) is 6.61 Å². The van der Waals surface area contributed by atoms with E-state index < -0.39 is 10.7 Å². The van der Waals surface area contributed by atoms with Crippen LogP contribution in [0.15, 0.2) is 45.5 Å². The Hall–Kier alpha value is -3.23. The molecule has 0 spiro atoms. The first-order valence-electron chi connectivity index (χ1n) is 6.06. The molecule has 0 fully saturated rings. The average Bonchev–Trinajstić information content (AvgIpc) is 3.16. The van der Waals surface area contributed by atoms with Gasteiger partial charge in [-0.1, -0.05) is 5.16 Å². The molecule has 2 aromatic heterocycles. The predicted octanol–water partition coefficient (Wildman–Crippen LogP) is 2.96. The Morgan fingerprint density at radius 1 is 1.36 bits per heavy atom. The van der Waals surface area contributed by atoms with Gasteiger partial charge in [-0.3, -0.25) is 10.1 Å². The zero-order chi connectivity index (χ0) is 15.5. The van der Waals surface area contributed by atoms with Gasteiger partial charge in [-0.05, 0) is 18.2 Å². The van der Waals surface area contributed by atoms with Crippen LogP contribution < -0.4 is 4.74 Å². The van der Waals surface area contributed by atoms with Crippen molar-refractivity contribution in [3.63, 3.8) is 0 Å². The van der Waals surface area contributed by atoms with E-state index >= 15 is 0 Å². The first kappa shape index (κ1) is 13.7. The number of nitrogens with zero attached hydrogens (tertiary/aromatic N) is 3. The van der Waals surface area contributed by atoms with Gasteiger partial charge in [0.05, 0.1) is 11.2 Å². The van der Waals surface area contributed by atoms with Crippen molar-refractivity contribution in [2.75, 3.05) is 0 Å². The third-order valence-corrected chi connectivity index (χ3v) is 2.68. The lowest BCUT2D eigenvalue weighted by atomic mass is 10.3. The van der Waals surface area contributed by atoms with Gasteiger partial charge in [-0.25, -0.2) is 4.39 Å². The molecule has 22 heavy (non-hydrogen) atoms. The number of halogens is 1.